The third-order valence-electron chi connectivity index (χ3n) is 4.09. The maximum atomic E-state index is 12.0. The van der Waals surface area contributed by atoms with Crippen LogP contribution in [0, 0.1) is 0 Å². The van der Waals surface area contributed by atoms with Gasteiger partial charge in [-0.3, -0.25) is 4.79 Å². The fourth-order valence-corrected chi connectivity index (χ4v) is 3.46. The van der Waals surface area contributed by atoms with Crippen molar-refractivity contribution >= 4 is 56.3 Å². The summed E-state index contributed by atoms with van der Waals surface area (Å²) in [6, 6.07) is 0. The van der Waals surface area contributed by atoms with Crippen LogP contribution in [0.2, 0.25) is 0 Å². The first-order valence-corrected chi connectivity index (χ1v) is 10.9. The third-order valence-corrected chi connectivity index (χ3v) is 6.06. The molecule has 144 valence electrons. The fourth-order valence-electron chi connectivity index (χ4n) is 2.43. The highest BCUT2D eigenvalue weighted by atomic mass is 32.1. The third kappa shape index (κ3) is 15.3. The van der Waals surface area contributed by atoms with E-state index in [0.717, 1.165) is 44.9 Å². The van der Waals surface area contributed by atoms with Crippen molar-refractivity contribution in [3.63, 3.8) is 0 Å². The molecule has 0 aliphatic carbocycles. The summed E-state index contributed by atoms with van der Waals surface area (Å²) in [7, 11) is 0. The average molecular weight is 415 g/mol. The van der Waals surface area contributed by atoms with Crippen LogP contribution in [-0.2, 0) is 4.79 Å². The van der Waals surface area contributed by atoms with Gasteiger partial charge in [0.2, 0.25) is 0 Å². The number of carbonyl (C=O) groups is 1. The molecule has 0 heterocycles. The Kier molecular flexibility index (Phi) is 16.9. The molecule has 0 amide bonds. The minimum absolute atomic E-state index is 0.0497. The maximum Gasteiger partial charge on any atom is 0.132 e. The van der Waals surface area contributed by atoms with Crippen LogP contribution in [0.25, 0.3) is 0 Å². The van der Waals surface area contributed by atoms with Gasteiger partial charge in [0.15, 0.2) is 0 Å². The normalized spacial score (nSPS) is 16.6. The lowest BCUT2D eigenvalue weighted by Gasteiger charge is -2.14. The summed E-state index contributed by atoms with van der Waals surface area (Å²) in [5, 5.41) is 18.5. The van der Waals surface area contributed by atoms with Crippen molar-refractivity contribution in [3.05, 3.63) is 0 Å². The van der Waals surface area contributed by atoms with Crippen LogP contribution in [-0.4, -0.2) is 50.2 Å². The van der Waals surface area contributed by atoms with Gasteiger partial charge in [-0.2, -0.15) is 50.5 Å². The van der Waals surface area contributed by atoms with E-state index in [9.17, 15) is 4.79 Å². The van der Waals surface area contributed by atoms with Gasteiger partial charge < -0.3 is 10.2 Å². The molecule has 0 aliphatic rings. The predicted octanol–water partition coefficient (Wildman–Crippen LogP) is 3.63. The Morgan fingerprint density at radius 1 is 0.667 bits per heavy atom. The van der Waals surface area contributed by atoms with E-state index in [1.807, 2.05) is 0 Å². The number of thiol groups is 4. The molecule has 0 saturated carbocycles. The topological polar surface area (TPSA) is 57.5 Å². The van der Waals surface area contributed by atoms with Crippen LogP contribution in [0.4, 0.5) is 0 Å². The van der Waals surface area contributed by atoms with Gasteiger partial charge in [-0.05, 0) is 44.9 Å². The number of rotatable bonds is 16. The number of hydrogen-bond donors (Lipinski definition) is 6. The highest BCUT2D eigenvalue weighted by Crippen LogP contribution is 2.19. The lowest BCUT2D eigenvalue weighted by molar-refractivity contribution is -0.119. The molecule has 0 spiro atoms. The molecule has 0 aromatic heterocycles. The number of aliphatic hydroxyl groups excluding tert-OH is 2. The van der Waals surface area contributed by atoms with Crippen LogP contribution in [0.15, 0.2) is 0 Å². The van der Waals surface area contributed by atoms with Gasteiger partial charge in [-0.15, -0.1) is 0 Å². The van der Waals surface area contributed by atoms with Gasteiger partial charge in [-0.25, -0.2) is 0 Å². The number of Topliss-reactive ketones (excluding diaryl/α,β-unsaturated/α-hetero) is 1. The second-order valence-corrected chi connectivity index (χ2v) is 9.36. The molecule has 0 aliphatic heterocycles. The van der Waals surface area contributed by atoms with Gasteiger partial charge in [0.05, 0.1) is 6.61 Å². The van der Waals surface area contributed by atoms with Gasteiger partial charge in [0.25, 0.3) is 0 Å². The summed E-state index contributed by atoms with van der Waals surface area (Å²) in [6.07, 6.45) is 8.15. The first kappa shape index (κ1) is 25.0. The fraction of sp³-hybridized carbons (Fsp3) is 0.941. The molecule has 24 heavy (non-hydrogen) atoms. The number of aliphatic hydroxyl groups is 2. The predicted molar refractivity (Wildman–Crippen MR) is 116 cm³/mol. The largest absolute Gasteiger partial charge is 0.396 e. The van der Waals surface area contributed by atoms with Crippen molar-refractivity contribution in [2.24, 2.45) is 0 Å². The molecule has 0 aromatic rings. The summed E-state index contributed by atoms with van der Waals surface area (Å²) in [5.41, 5.74) is 0. The zero-order chi connectivity index (χ0) is 18.4. The van der Waals surface area contributed by atoms with E-state index in [4.69, 9.17) is 10.2 Å². The van der Waals surface area contributed by atoms with Crippen LogP contribution < -0.4 is 0 Å². The highest BCUT2D eigenvalue weighted by molar-refractivity contribution is 7.81. The van der Waals surface area contributed by atoms with E-state index < -0.39 is 0 Å². The Hall–Kier alpha value is 0.990. The van der Waals surface area contributed by atoms with E-state index in [1.54, 1.807) is 0 Å². The van der Waals surface area contributed by atoms with Crippen molar-refractivity contribution in [2.75, 3.05) is 13.2 Å². The molecule has 0 aromatic carbocycles. The van der Waals surface area contributed by atoms with E-state index in [0.29, 0.717) is 19.3 Å². The van der Waals surface area contributed by atoms with Crippen LogP contribution in [0.1, 0.15) is 64.2 Å². The van der Waals surface area contributed by atoms with Gasteiger partial charge in [0, 0.05) is 40.4 Å². The van der Waals surface area contributed by atoms with Crippen LogP contribution >= 0.6 is 50.5 Å². The molecule has 3 nitrogen and oxygen atoms in total. The van der Waals surface area contributed by atoms with Crippen molar-refractivity contribution in [2.45, 2.75) is 85.2 Å². The van der Waals surface area contributed by atoms with E-state index in [2.05, 4.69) is 50.5 Å². The Morgan fingerprint density at radius 3 is 1.62 bits per heavy atom. The molecule has 2 N–H and O–H groups in total. The Labute approximate surface area is 169 Å². The van der Waals surface area contributed by atoms with Crippen molar-refractivity contribution in [3.8, 4) is 0 Å². The monoisotopic (exact) mass is 414 g/mol. The molecular formula is C17H34O3S4. The summed E-state index contributed by atoms with van der Waals surface area (Å²) in [6.45, 7) is 0.279. The minimum Gasteiger partial charge on any atom is -0.396 e. The summed E-state index contributed by atoms with van der Waals surface area (Å²) in [4.78, 5) is 12.0. The van der Waals surface area contributed by atoms with Crippen molar-refractivity contribution in [1.29, 1.82) is 0 Å². The molecule has 0 radical (unpaired) electrons. The zero-order valence-corrected chi connectivity index (χ0v) is 18.0. The second kappa shape index (κ2) is 16.2. The molecule has 0 bridgehead atoms. The minimum atomic E-state index is 0.0497. The smallest absolute Gasteiger partial charge is 0.132 e. The van der Waals surface area contributed by atoms with Gasteiger partial charge in [0.1, 0.15) is 5.78 Å². The first-order valence-electron chi connectivity index (χ1n) is 8.84. The summed E-state index contributed by atoms with van der Waals surface area (Å²) < 4.78 is 0. The van der Waals surface area contributed by atoms with Gasteiger partial charge in [-0.1, -0.05) is 6.42 Å². The van der Waals surface area contributed by atoms with Crippen molar-refractivity contribution in [1.82, 2.24) is 0 Å². The quantitative estimate of drug-likeness (QED) is 0.219. The van der Waals surface area contributed by atoms with E-state index in [1.165, 1.54) is 0 Å². The molecule has 7 heteroatoms. The van der Waals surface area contributed by atoms with Crippen LogP contribution in [0.5, 0.6) is 0 Å². The molecular weight excluding hydrogens is 380 g/mol. The molecule has 4 atom stereocenters. The first-order chi connectivity index (χ1) is 11.4. The lowest BCUT2D eigenvalue weighted by atomic mass is 10.0. The second-order valence-electron chi connectivity index (χ2n) is 6.43. The highest BCUT2D eigenvalue weighted by Gasteiger charge is 2.12. The standard InChI is InChI=1S/C17H34O3S4/c18-11-10-16(23)9-8-15(22)7-5-13(20)4-6-14(21)2-1-3-17(24)12-19/h14-19,21-24H,1-12H2. The van der Waals surface area contributed by atoms with E-state index >= 15 is 0 Å². The number of carbonyl (C=O) groups excluding carboxylic acids is 1. The Morgan fingerprint density at radius 2 is 1.12 bits per heavy atom. The zero-order valence-electron chi connectivity index (χ0n) is 14.4. The lowest BCUT2D eigenvalue weighted by Crippen LogP contribution is -2.10. The van der Waals surface area contributed by atoms with E-state index in [-0.39, 0.29) is 40.0 Å². The van der Waals surface area contributed by atoms with Gasteiger partial charge >= 0.3 is 0 Å². The SMILES string of the molecule is O=C(CCC(S)CCCC(S)CO)CCC(S)CCC(S)CCO. The molecule has 0 rings (SSSR count). The summed E-state index contributed by atoms with van der Waals surface area (Å²) >= 11 is 17.7. The number of ketones is 1. The molecule has 4 unspecified atom stereocenters. The Bertz CT molecular complexity index is 318. The summed E-state index contributed by atoms with van der Waals surface area (Å²) in [5.74, 6) is 0.285. The molecule has 0 saturated heterocycles. The van der Waals surface area contributed by atoms with Crippen molar-refractivity contribution < 1.29 is 15.0 Å². The average Bonchev–Trinajstić information content (AvgIpc) is 2.56. The number of hydrogen-bond acceptors (Lipinski definition) is 7. The Balaban J connectivity index is 3.67. The maximum absolute atomic E-state index is 12.0. The van der Waals surface area contributed by atoms with Crippen LogP contribution in [0.3, 0.4) is 0 Å². The molecule has 0 fully saturated rings.